The number of hydrogen-bond acceptors (Lipinski definition) is 4. The summed E-state index contributed by atoms with van der Waals surface area (Å²) in [6, 6.07) is 9.69. The van der Waals surface area contributed by atoms with Crippen LogP contribution >= 0.6 is 0 Å². The maximum Gasteiger partial charge on any atom is 0.254 e. The first-order valence-electron chi connectivity index (χ1n) is 9.26. The zero-order chi connectivity index (χ0) is 21.2. The van der Waals surface area contributed by atoms with Gasteiger partial charge in [0, 0.05) is 31.3 Å². The van der Waals surface area contributed by atoms with Crippen LogP contribution in [-0.4, -0.2) is 50.5 Å². The van der Waals surface area contributed by atoms with E-state index in [1.54, 1.807) is 24.3 Å². The van der Waals surface area contributed by atoms with Crippen molar-refractivity contribution in [1.82, 2.24) is 10.2 Å². The molecule has 0 bridgehead atoms. The van der Waals surface area contributed by atoms with Gasteiger partial charge >= 0.3 is 0 Å². The van der Waals surface area contributed by atoms with E-state index in [0.29, 0.717) is 18.4 Å². The minimum absolute atomic E-state index is 0.0113. The normalized spacial score (nSPS) is 10.7. The number of anilines is 1. The number of nitrogens with zero attached hydrogens (tertiary/aromatic N) is 1. The summed E-state index contributed by atoms with van der Waals surface area (Å²) in [5.41, 5.74) is 0.333. The molecule has 0 saturated heterocycles. The topological polar surface area (TPSA) is 70.7 Å². The van der Waals surface area contributed by atoms with E-state index in [2.05, 4.69) is 15.5 Å². The molecule has 0 fully saturated rings. The van der Waals surface area contributed by atoms with E-state index in [0.717, 1.165) is 30.8 Å². The number of hydrogen-bond donors (Lipinski definition) is 2. The van der Waals surface area contributed by atoms with Gasteiger partial charge in [0.25, 0.3) is 5.91 Å². The summed E-state index contributed by atoms with van der Waals surface area (Å²) in [7, 11) is 4.01. The number of ether oxygens (including phenoxy) is 1. The van der Waals surface area contributed by atoms with Crippen molar-refractivity contribution in [2.24, 2.45) is 0 Å². The molecule has 0 unspecified atom stereocenters. The van der Waals surface area contributed by atoms with Crippen LogP contribution in [0, 0.1) is 11.6 Å². The van der Waals surface area contributed by atoms with Gasteiger partial charge in [-0.25, -0.2) is 8.78 Å². The molecule has 0 aliphatic carbocycles. The molecule has 6 nitrogen and oxygen atoms in total. The second-order valence-corrected chi connectivity index (χ2v) is 6.71. The molecule has 156 valence electrons. The van der Waals surface area contributed by atoms with E-state index in [4.69, 9.17) is 4.74 Å². The molecule has 0 saturated carbocycles. The Bertz CT molecular complexity index is 826. The molecule has 29 heavy (non-hydrogen) atoms. The lowest BCUT2D eigenvalue weighted by atomic mass is 10.2. The van der Waals surface area contributed by atoms with Gasteiger partial charge in [0.2, 0.25) is 5.91 Å². The molecule has 2 aromatic carbocycles. The van der Waals surface area contributed by atoms with Crippen LogP contribution in [0.25, 0.3) is 0 Å². The van der Waals surface area contributed by atoms with Crippen LogP contribution in [0.2, 0.25) is 0 Å². The van der Waals surface area contributed by atoms with Crippen LogP contribution < -0.4 is 15.4 Å². The molecule has 0 aliphatic heterocycles. The summed E-state index contributed by atoms with van der Waals surface area (Å²) in [6.45, 7) is 1.57. The Morgan fingerprint density at radius 1 is 1.07 bits per heavy atom. The lowest BCUT2D eigenvalue weighted by molar-refractivity contribution is -0.116. The van der Waals surface area contributed by atoms with E-state index in [1.165, 1.54) is 0 Å². The van der Waals surface area contributed by atoms with Gasteiger partial charge in [0.05, 0.1) is 12.2 Å². The van der Waals surface area contributed by atoms with Crippen molar-refractivity contribution in [1.29, 1.82) is 0 Å². The number of nitrogens with one attached hydrogen (secondary N) is 2. The van der Waals surface area contributed by atoms with Crippen LogP contribution in [-0.2, 0) is 4.79 Å². The van der Waals surface area contributed by atoms with Crippen molar-refractivity contribution in [3.63, 3.8) is 0 Å². The highest BCUT2D eigenvalue weighted by Crippen LogP contribution is 2.16. The summed E-state index contributed by atoms with van der Waals surface area (Å²) in [4.78, 5) is 25.9. The Hall–Kier alpha value is -3.00. The zero-order valence-corrected chi connectivity index (χ0v) is 16.5. The lowest BCUT2D eigenvalue weighted by Gasteiger charge is -2.11. The molecule has 0 aliphatic rings. The number of amides is 2. The van der Waals surface area contributed by atoms with Crippen molar-refractivity contribution in [2.75, 3.05) is 39.1 Å². The maximum atomic E-state index is 13.5. The van der Waals surface area contributed by atoms with Crippen LogP contribution in [0.4, 0.5) is 14.5 Å². The molecule has 0 aromatic heterocycles. The Kier molecular flexibility index (Phi) is 8.54. The average molecular weight is 405 g/mol. The summed E-state index contributed by atoms with van der Waals surface area (Å²) in [5.74, 6) is -2.00. The number of carbonyl (C=O) groups is 2. The molecule has 2 N–H and O–H groups in total. The van der Waals surface area contributed by atoms with Crippen LogP contribution in [0.3, 0.4) is 0 Å². The van der Waals surface area contributed by atoms with Gasteiger partial charge in [-0.2, -0.15) is 0 Å². The van der Waals surface area contributed by atoms with Gasteiger partial charge in [0.15, 0.2) is 0 Å². The Morgan fingerprint density at radius 2 is 1.79 bits per heavy atom. The summed E-state index contributed by atoms with van der Waals surface area (Å²) in [6.07, 6.45) is 0.927. The fourth-order valence-electron chi connectivity index (χ4n) is 2.49. The molecule has 0 atom stereocenters. The molecule has 2 aromatic rings. The predicted octanol–water partition coefficient (Wildman–Crippen LogP) is 3.05. The summed E-state index contributed by atoms with van der Waals surface area (Å²) >= 11 is 0. The van der Waals surface area contributed by atoms with Gasteiger partial charge in [-0.3, -0.25) is 9.59 Å². The molecular weight excluding hydrogens is 380 g/mol. The minimum atomic E-state index is -0.948. The molecule has 0 heterocycles. The second-order valence-electron chi connectivity index (χ2n) is 6.71. The highest BCUT2D eigenvalue weighted by atomic mass is 19.1. The number of carbonyl (C=O) groups excluding carboxylic acids is 2. The monoisotopic (exact) mass is 405 g/mol. The standard InChI is InChI=1S/C21H25F2N3O3/c1-26(2)12-3-13-29-17-7-5-16(6-8-17)25-20(27)10-11-24-21(28)18-9-4-15(22)14-19(18)23/h4-9,14H,3,10-13H2,1-2H3,(H,24,28)(H,25,27). The molecule has 0 radical (unpaired) electrons. The first-order chi connectivity index (χ1) is 13.8. The second kappa shape index (κ2) is 11.1. The third-order valence-corrected chi connectivity index (χ3v) is 3.97. The summed E-state index contributed by atoms with van der Waals surface area (Å²) < 4.78 is 32.0. The van der Waals surface area contributed by atoms with Gasteiger partial charge in [-0.05, 0) is 56.9 Å². The van der Waals surface area contributed by atoms with Crippen molar-refractivity contribution in [3.8, 4) is 5.75 Å². The van der Waals surface area contributed by atoms with Crippen molar-refractivity contribution < 1.29 is 23.1 Å². The molecule has 2 amide bonds. The van der Waals surface area contributed by atoms with E-state index < -0.39 is 17.5 Å². The SMILES string of the molecule is CN(C)CCCOc1ccc(NC(=O)CCNC(=O)c2ccc(F)cc2F)cc1. The van der Waals surface area contributed by atoms with Crippen LogP contribution in [0.15, 0.2) is 42.5 Å². The smallest absolute Gasteiger partial charge is 0.254 e. The van der Waals surface area contributed by atoms with E-state index in [1.807, 2.05) is 14.1 Å². The molecule has 2 rings (SSSR count). The fraction of sp³-hybridized carbons (Fsp3) is 0.333. The minimum Gasteiger partial charge on any atom is -0.494 e. The zero-order valence-electron chi connectivity index (χ0n) is 16.5. The first-order valence-corrected chi connectivity index (χ1v) is 9.26. The third-order valence-electron chi connectivity index (χ3n) is 3.97. The number of benzene rings is 2. The largest absolute Gasteiger partial charge is 0.494 e. The Balaban J connectivity index is 1.71. The lowest BCUT2D eigenvalue weighted by Crippen LogP contribution is -2.28. The maximum absolute atomic E-state index is 13.5. The predicted molar refractivity (Wildman–Crippen MR) is 107 cm³/mol. The Labute approximate surface area is 168 Å². The van der Waals surface area contributed by atoms with Gasteiger partial charge in [-0.1, -0.05) is 0 Å². The average Bonchev–Trinajstić information content (AvgIpc) is 2.66. The van der Waals surface area contributed by atoms with E-state index >= 15 is 0 Å². The first kappa shape index (κ1) is 22.3. The molecule has 0 spiro atoms. The van der Waals surface area contributed by atoms with Crippen LogP contribution in [0.5, 0.6) is 5.75 Å². The highest BCUT2D eigenvalue weighted by Gasteiger charge is 2.12. The highest BCUT2D eigenvalue weighted by molar-refractivity contribution is 5.95. The van der Waals surface area contributed by atoms with E-state index in [-0.39, 0.29) is 24.4 Å². The molecule has 8 heteroatoms. The number of halogens is 2. The molecular formula is C21H25F2N3O3. The van der Waals surface area contributed by atoms with Gasteiger partial charge in [0.1, 0.15) is 17.4 Å². The Morgan fingerprint density at radius 3 is 2.45 bits per heavy atom. The van der Waals surface area contributed by atoms with Crippen molar-refractivity contribution in [2.45, 2.75) is 12.8 Å². The number of rotatable bonds is 10. The van der Waals surface area contributed by atoms with Gasteiger partial charge in [-0.15, -0.1) is 0 Å². The quantitative estimate of drug-likeness (QED) is 0.596. The fourth-order valence-corrected chi connectivity index (χ4v) is 2.49. The summed E-state index contributed by atoms with van der Waals surface area (Å²) in [5, 5.41) is 5.14. The van der Waals surface area contributed by atoms with Gasteiger partial charge < -0.3 is 20.3 Å². The van der Waals surface area contributed by atoms with Crippen molar-refractivity contribution in [3.05, 3.63) is 59.7 Å². The van der Waals surface area contributed by atoms with E-state index in [9.17, 15) is 18.4 Å². The third kappa shape index (κ3) is 7.87. The van der Waals surface area contributed by atoms with Crippen molar-refractivity contribution >= 4 is 17.5 Å². The van der Waals surface area contributed by atoms with Crippen LogP contribution in [0.1, 0.15) is 23.2 Å².